The minimum Gasteiger partial charge on any atom is -0.370 e. The molecule has 8 heteroatoms. The van der Waals surface area contributed by atoms with Crippen LogP contribution in [0.25, 0.3) is 17.1 Å². The first-order valence-electron chi connectivity index (χ1n) is 8.93. The van der Waals surface area contributed by atoms with Crippen molar-refractivity contribution >= 4 is 34.4 Å². The van der Waals surface area contributed by atoms with E-state index in [0.29, 0.717) is 11.3 Å². The van der Waals surface area contributed by atoms with Gasteiger partial charge in [0.1, 0.15) is 11.9 Å². The summed E-state index contributed by atoms with van der Waals surface area (Å²) in [5.41, 5.74) is 2.83. The van der Waals surface area contributed by atoms with Crippen molar-refractivity contribution in [1.82, 2.24) is 9.97 Å². The number of amides is 1. The second-order valence-electron chi connectivity index (χ2n) is 6.53. The number of ether oxygens (including phenoxy) is 1. The van der Waals surface area contributed by atoms with Gasteiger partial charge in [0.25, 0.3) is 5.69 Å². The van der Waals surface area contributed by atoms with Crippen LogP contribution in [0.4, 0.5) is 11.4 Å². The van der Waals surface area contributed by atoms with Gasteiger partial charge in [-0.1, -0.05) is 12.1 Å². The van der Waals surface area contributed by atoms with Gasteiger partial charge in [0.05, 0.1) is 16.0 Å². The minimum absolute atomic E-state index is 0.00306. The van der Waals surface area contributed by atoms with Gasteiger partial charge in [-0.15, -0.1) is 0 Å². The first kappa shape index (κ1) is 17.9. The van der Waals surface area contributed by atoms with E-state index in [9.17, 15) is 14.9 Å². The van der Waals surface area contributed by atoms with Crippen LogP contribution in [0.2, 0.25) is 0 Å². The van der Waals surface area contributed by atoms with Crippen LogP contribution in [0.3, 0.4) is 0 Å². The maximum Gasteiger partial charge on any atom is 0.270 e. The standard InChI is InChI=1S/C20H18N4O4/c25-19(9-6-13-3-1-4-15(11-13)24(26)27)21-14-7-8-16-17(12-14)23-20(22-16)18-5-2-10-28-18/h1,3-4,6-9,11-12,18H,2,5,10H2,(H,21,25)(H,22,23)/b9-6+. The molecule has 4 rings (SSSR count). The van der Waals surface area contributed by atoms with Gasteiger partial charge in [-0.05, 0) is 42.7 Å². The summed E-state index contributed by atoms with van der Waals surface area (Å²) in [7, 11) is 0. The lowest BCUT2D eigenvalue weighted by atomic mass is 10.2. The predicted octanol–water partition coefficient (Wildman–Crippen LogP) is 3.97. The molecule has 142 valence electrons. The number of nitro benzene ring substituents is 1. The molecule has 2 aromatic carbocycles. The third-order valence-corrected chi connectivity index (χ3v) is 4.51. The summed E-state index contributed by atoms with van der Waals surface area (Å²) in [6, 6.07) is 11.5. The molecule has 3 aromatic rings. The van der Waals surface area contributed by atoms with Crippen molar-refractivity contribution in [3.8, 4) is 0 Å². The van der Waals surface area contributed by atoms with Gasteiger partial charge >= 0.3 is 0 Å². The van der Waals surface area contributed by atoms with E-state index in [1.165, 1.54) is 24.3 Å². The van der Waals surface area contributed by atoms with E-state index < -0.39 is 4.92 Å². The van der Waals surface area contributed by atoms with E-state index in [0.717, 1.165) is 36.3 Å². The highest BCUT2D eigenvalue weighted by molar-refractivity contribution is 6.02. The number of imidazole rings is 1. The third-order valence-electron chi connectivity index (χ3n) is 4.51. The normalized spacial score (nSPS) is 16.6. The fourth-order valence-electron chi connectivity index (χ4n) is 3.15. The van der Waals surface area contributed by atoms with Crippen molar-refractivity contribution in [3.05, 3.63) is 70.0 Å². The van der Waals surface area contributed by atoms with Gasteiger partial charge in [-0.3, -0.25) is 14.9 Å². The number of aromatic amines is 1. The van der Waals surface area contributed by atoms with Crippen LogP contribution in [0.5, 0.6) is 0 Å². The van der Waals surface area contributed by atoms with E-state index in [1.807, 2.05) is 12.1 Å². The molecule has 28 heavy (non-hydrogen) atoms. The molecule has 1 aliphatic rings. The Morgan fingerprint density at radius 1 is 1.32 bits per heavy atom. The Labute approximate surface area is 160 Å². The minimum atomic E-state index is -0.470. The fraction of sp³-hybridized carbons (Fsp3) is 0.200. The molecule has 2 N–H and O–H groups in total. The predicted molar refractivity (Wildman–Crippen MR) is 105 cm³/mol. The Kier molecular flexibility index (Phi) is 4.86. The molecule has 1 amide bonds. The van der Waals surface area contributed by atoms with Crippen molar-refractivity contribution in [2.45, 2.75) is 18.9 Å². The summed E-state index contributed by atoms with van der Waals surface area (Å²) in [4.78, 5) is 30.3. The lowest BCUT2D eigenvalue weighted by molar-refractivity contribution is -0.384. The van der Waals surface area contributed by atoms with Crippen molar-refractivity contribution in [2.75, 3.05) is 11.9 Å². The van der Waals surface area contributed by atoms with E-state index in [1.54, 1.807) is 18.2 Å². The average molecular weight is 378 g/mol. The second kappa shape index (κ2) is 7.61. The Morgan fingerprint density at radius 2 is 2.21 bits per heavy atom. The highest BCUT2D eigenvalue weighted by Crippen LogP contribution is 2.28. The number of nitrogens with zero attached hydrogens (tertiary/aromatic N) is 2. The summed E-state index contributed by atoms with van der Waals surface area (Å²) in [6.07, 6.45) is 4.86. The lowest BCUT2D eigenvalue weighted by Gasteiger charge is -2.03. The summed E-state index contributed by atoms with van der Waals surface area (Å²) in [5.74, 6) is 0.478. The van der Waals surface area contributed by atoms with Crippen LogP contribution in [-0.4, -0.2) is 27.4 Å². The quantitative estimate of drug-likeness (QED) is 0.396. The number of carbonyl (C=O) groups is 1. The number of carbonyl (C=O) groups excluding carboxylic acids is 1. The van der Waals surface area contributed by atoms with E-state index in [4.69, 9.17) is 4.74 Å². The van der Waals surface area contributed by atoms with Gasteiger partial charge in [0.2, 0.25) is 5.91 Å². The molecule has 1 aromatic heterocycles. The van der Waals surface area contributed by atoms with E-state index >= 15 is 0 Å². The largest absolute Gasteiger partial charge is 0.370 e. The molecule has 1 aliphatic heterocycles. The second-order valence-corrected chi connectivity index (χ2v) is 6.53. The number of hydrogen-bond donors (Lipinski definition) is 2. The number of anilines is 1. The molecule has 0 bridgehead atoms. The number of nitrogens with one attached hydrogen (secondary N) is 2. The van der Waals surface area contributed by atoms with Crippen molar-refractivity contribution in [3.63, 3.8) is 0 Å². The molecule has 0 spiro atoms. The fourth-order valence-corrected chi connectivity index (χ4v) is 3.15. The van der Waals surface area contributed by atoms with Gasteiger partial charge < -0.3 is 15.0 Å². The average Bonchev–Trinajstić information content (AvgIpc) is 3.35. The van der Waals surface area contributed by atoms with Crippen molar-refractivity contribution < 1.29 is 14.5 Å². The highest BCUT2D eigenvalue weighted by atomic mass is 16.6. The molecule has 0 radical (unpaired) electrons. The van der Waals surface area contributed by atoms with Gasteiger partial charge in [0.15, 0.2) is 0 Å². The highest BCUT2D eigenvalue weighted by Gasteiger charge is 2.21. The number of hydrogen-bond acceptors (Lipinski definition) is 5. The zero-order chi connectivity index (χ0) is 19.5. The molecule has 1 unspecified atom stereocenters. The molecule has 1 atom stereocenters. The maximum atomic E-state index is 12.2. The zero-order valence-electron chi connectivity index (χ0n) is 14.9. The summed E-state index contributed by atoms with van der Waals surface area (Å²) in [6.45, 7) is 0.750. The monoisotopic (exact) mass is 378 g/mol. The summed E-state index contributed by atoms with van der Waals surface area (Å²) >= 11 is 0. The van der Waals surface area contributed by atoms with Crippen molar-refractivity contribution in [1.29, 1.82) is 0 Å². The number of H-pyrrole nitrogens is 1. The number of nitro groups is 1. The van der Waals surface area contributed by atoms with Gasteiger partial charge in [-0.25, -0.2) is 4.98 Å². The van der Waals surface area contributed by atoms with Crippen LogP contribution in [0, 0.1) is 10.1 Å². The van der Waals surface area contributed by atoms with Crippen LogP contribution >= 0.6 is 0 Å². The van der Waals surface area contributed by atoms with Gasteiger partial charge in [-0.2, -0.15) is 0 Å². The Balaban J connectivity index is 1.45. The smallest absolute Gasteiger partial charge is 0.270 e. The first-order valence-corrected chi connectivity index (χ1v) is 8.93. The van der Waals surface area contributed by atoms with Crippen molar-refractivity contribution in [2.24, 2.45) is 0 Å². The SMILES string of the molecule is O=C(/C=C/c1cccc([N+](=O)[O-])c1)Nc1ccc2nc(C3CCCO3)[nH]c2c1. The van der Waals surface area contributed by atoms with Crippen LogP contribution in [0.1, 0.15) is 30.3 Å². The molecular formula is C20H18N4O4. The van der Waals surface area contributed by atoms with Gasteiger partial charge in [0, 0.05) is 30.5 Å². The molecule has 1 fully saturated rings. The van der Waals surface area contributed by atoms with Crippen LogP contribution < -0.4 is 5.32 Å². The number of non-ortho nitro benzene ring substituents is 1. The Morgan fingerprint density at radius 3 is 3.00 bits per heavy atom. The molecule has 2 heterocycles. The number of fused-ring (bicyclic) bond motifs is 1. The van der Waals surface area contributed by atoms with E-state index in [2.05, 4.69) is 15.3 Å². The topological polar surface area (TPSA) is 110 Å². The Bertz CT molecular complexity index is 1070. The lowest BCUT2D eigenvalue weighted by Crippen LogP contribution is -2.07. The first-order chi connectivity index (χ1) is 13.6. The molecule has 8 nitrogen and oxygen atoms in total. The molecule has 1 saturated heterocycles. The van der Waals surface area contributed by atoms with E-state index in [-0.39, 0.29) is 17.7 Å². The number of benzene rings is 2. The van der Waals surface area contributed by atoms with Crippen LogP contribution in [-0.2, 0) is 9.53 Å². The third kappa shape index (κ3) is 3.91. The molecule has 0 saturated carbocycles. The Hall–Kier alpha value is -3.52. The summed E-state index contributed by atoms with van der Waals surface area (Å²) in [5, 5.41) is 13.6. The number of rotatable bonds is 5. The number of aromatic nitrogens is 2. The summed E-state index contributed by atoms with van der Waals surface area (Å²) < 4.78 is 5.65. The zero-order valence-corrected chi connectivity index (χ0v) is 14.9. The van der Waals surface area contributed by atoms with Crippen LogP contribution in [0.15, 0.2) is 48.5 Å². The maximum absolute atomic E-state index is 12.2. The molecular weight excluding hydrogens is 360 g/mol. The molecule has 0 aliphatic carbocycles.